The van der Waals surface area contributed by atoms with Crippen molar-refractivity contribution in [3.63, 3.8) is 0 Å². The molecule has 0 saturated heterocycles. The summed E-state index contributed by atoms with van der Waals surface area (Å²) in [5.74, 6) is 0.747. The largest absolute Gasteiger partial charge is 0.473 e. The number of nitrogens with zero attached hydrogens (tertiary/aromatic N) is 3. The van der Waals surface area contributed by atoms with E-state index in [2.05, 4.69) is 29.9 Å². The van der Waals surface area contributed by atoms with Gasteiger partial charge in [0.05, 0.1) is 17.5 Å². The first-order chi connectivity index (χ1) is 14.2. The molecule has 1 aromatic heterocycles. The molecule has 0 aromatic carbocycles. The fourth-order valence-corrected chi connectivity index (χ4v) is 4.70. The fraction of sp³-hybridized carbons (Fsp3) is 0.500. The van der Waals surface area contributed by atoms with Crippen LogP contribution in [0.5, 0.6) is 5.75 Å². The molecule has 9 nitrogen and oxygen atoms in total. The van der Waals surface area contributed by atoms with E-state index in [1.54, 1.807) is 23.2 Å². The van der Waals surface area contributed by atoms with Gasteiger partial charge in [0.1, 0.15) is 6.73 Å². The van der Waals surface area contributed by atoms with Gasteiger partial charge in [-0.05, 0) is 23.7 Å². The van der Waals surface area contributed by atoms with Crippen LogP contribution in [-0.2, 0) is 9.53 Å². The zero-order valence-corrected chi connectivity index (χ0v) is 18.4. The highest BCUT2D eigenvalue weighted by Gasteiger charge is 2.54. The van der Waals surface area contributed by atoms with E-state index in [-0.39, 0.29) is 24.8 Å². The first kappa shape index (κ1) is 20.5. The number of nitro groups is 1. The van der Waals surface area contributed by atoms with Gasteiger partial charge < -0.3 is 14.8 Å². The van der Waals surface area contributed by atoms with E-state index in [0.717, 1.165) is 17.3 Å². The molecule has 1 atom stereocenters. The Balaban J connectivity index is 1.54. The molecule has 0 fully saturated rings. The van der Waals surface area contributed by atoms with Crippen LogP contribution in [0, 0.1) is 10.1 Å². The van der Waals surface area contributed by atoms with Gasteiger partial charge >= 0.3 is 0 Å². The molecular weight excluding hydrogens is 404 g/mol. The molecule has 1 amide bonds. The molecule has 2 aliphatic heterocycles. The Kier molecular flexibility index (Phi) is 5.14. The van der Waals surface area contributed by atoms with Crippen molar-refractivity contribution < 1.29 is 19.2 Å². The van der Waals surface area contributed by atoms with Crippen molar-refractivity contribution >= 4 is 19.8 Å². The highest BCUT2D eigenvalue weighted by atomic mass is 28.3. The molecule has 1 aromatic rings. The van der Waals surface area contributed by atoms with Crippen molar-refractivity contribution in [1.82, 2.24) is 10.3 Å². The standard InChI is InChI=1S/C20H26N4O5Si/c1-30(2,3)8-7-28-13-23-18-17(5-4-6-21-18)29-20(19(23)25)10-14-9-15(24(26)27)12-22-16(14)11-20/h4-6,12,22H,7-11,13H2,1-3H3. The number of nitrogens with one attached hydrogen (secondary N) is 1. The van der Waals surface area contributed by atoms with Gasteiger partial charge in [-0.25, -0.2) is 4.98 Å². The average Bonchev–Trinajstić information content (AvgIpc) is 3.05. The van der Waals surface area contributed by atoms with Crippen LogP contribution < -0.4 is 15.0 Å². The predicted molar refractivity (Wildman–Crippen MR) is 113 cm³/mol. The third kappa shape index (κ3) is 3.84. The van der Waals surface area contributed by atoms with E-state index in [1.807, 2.05) is 0 Å². The van der Waals surface area contributed by atoms with Gasteiger partial charge in [0.25, 0.3) is 11.6 Å². The molecule has 0 saturated carbocycles. The molecule has 1 aliphatic carbocycles. The van der Waals surface area contributed by atoms with Crippen molar-refractivity contribution in [2.75, 3.05) is 18.2 Å². The van der Waals surface area contributed by atoms with Gasteiger partial charge in [0.2, 0.25) is 0 Å². The Bertz CT molecular complexity index is 955. The van der Waals surface area contributed by atoms with Crippen LogP contribution in [-0.4, -0.2) is 42.8 Å². The summed E-state index contributed by atoms with van der Waals surface area (Å²) in [6.45, 7) is 7.52. The van der Waals surface area contributed by atoms with Gasteiger partial charge in [-0.15, -0.1) is 0 Å². The van der Waals surface area contributed by atoms with E-state index in [9.17, 15) is 14.9 Å². The summed E-state index contributed by atoms with van der Waals surface area (Å²) in [4.78, 5) is 30.2. The van der Waals surface area contributed by atoms with Crippen LogP contribution in [0.3, 0.4) is 0 Å². The van der Waals surface area contributed by atoms with Gasteiger partial charge in [-0.2, -0.15) is 0 Å². The zero-order chi connectivity index (χ0) is 21.5. The first-order valence-electron chi connectivity index (χ1n) is 10.0. The van der Waals surface area contributed by atoms with E-state index in [4.69, 9.17) is 9.47 Å². The lowest BCUT2D eigenvalue weighted by molar-refractivity contribution is -0.427. The monoisotopic (exact) mass is 430 g/mol. The van der Waals surface area contributed by atoms with E-state index in [1.165, 1.54) is 6.20 Å². The summed E-state index contributed by atoms with van der Waals surface area (Å²) in [6.07, 6.45) is 3.87. The number of ether oxygens (including phenoxy) is 2. The molecule has 160 valence electrons. The van der Waals surface area contributed by atoms with Crippen LogP contribution in [0.15, 0.2) is 41.5 Å². The van der Waals surface area contributed by atoms with Crippen molar-refractivity contribution in [2.45, 2.75) is 50.5 Å². The number of fused-ring (bicyclic) bond motifs is 1. The molecule has 1 spiro atoms. The molecule has 3 aliphatic rings. The zero-order valence-electron chi connectivity index (χ0n) is 17.4. The van der Waals surface area contributed by atoms with Crippen LogP contribution >= 0.6 is 0 Å². The van der Waals surface area contributed by atoms with Crippen LogP contribution in [0.25, 0.3) is 0 Å². The highest BCUT2D eigenvalue weighted by Crippen LogP contribution is 2.47. The molecule has 4 rings (SSSR count). The SMILES string of the molecule is C[Si](C)(C)CCOCN1C(=O)C2(CC3=C(C2)NC=C([N+](=O)[O-])C3)Oc2cccnc21. The number of carbonyl (C=O) groups is 1. The molecule has 1 N–H and O–H groups in total. The van der Waals surface area contributed by atoms with E-state index >= 15 is 0 Å². The molecule has 3 heterocycles. The summed E-state index contributed by atoms with van der Waals surface area (Å²) in [5.41, 5.74) is 0.614. The minimum absolute atomic E-state index is 0.0858. The Labute approximate surface area is 175 Å². The summed E-state index contributed by atoms with van der Waals surface area (Å²) in [6, 6.07) is 4.55. The summed E-state index contributed by atoms with van der Waals surface area (Å²) >= 11 is 0. The molecule has 10 heteroatoms. The van der Waals surface area contributed by atoms with Gasteiger partial charge in [-0.1, -0.05) is 19.6 Å². The van der Waals surface area contributed by atoms with Crippen molar-refractivity contribution in [3.05, 3.63) is 51.6 Å². The van der Waals surface area contributed by atoms with Crippen molar-refractivity contribution in [1.29, 1.82) is 0 Å². The number of amides is 1. The van der Waals surface area contributed by atoms with Crippen molar-refractivity contribution in [2.24, 2.45) is 0 Å². The smallest absolute Gasteiger partial charge is 0.275 e. The average molecular weight is 431 g/mol. The second-order valence-corrected chi connectivity index (χ2v) is 14.8. The van der Waals surface area contributed by atoms with Gasteiger partial charge in [0, 0.05) is 39.4 Å². The second kappa shape index (κ2) is 7.51. The maximum absolute atomic E-state index is 13.5. The van der Waals surface area contributed by atoms with Crippen LogP contribution in [0.4, 0.5) is 5.82 Å². The van der Waals surface area contributed by atoms with Crippen molar-refractivity contribution in [3.8, 4) is 5.75 Å². The molecule has 0 bridgehead atoms. The number of pyridine rings is 1. The number of carbonyl (C=O) groups excluding carboxylic acids is 1. The number of hydrogen-bond donors (Lipinski definition) is 1. The summed E-state index contributed by atoms with van der Waals surface area (Å²) in [7, 11) is -1.25. The fourth-order valence-electron chi connectivity index (χ4n) is 3.94. The van der Waals surface area contributed by atoms with Crippen LogP contribution in [0.1, 0.15) is 19.3 Å². The van der Waals surface area contributed by atoms with E-state index < -0.39 is 18.6 Å². The first-order valence-corrected chi connectivity index (χ1v) is 13.7. The third-order valence-corrected chi connectivity index (χ3v) is 7.30. The lowest BCUT2D eigenvalue weighted by atomic mass is 9.94. The van der Waals surface area contributed by atoms with Gasteiger partial charge in [0.15, 0.2) is 17.2 Å². The number of rotatable bonds is 6. The second-order valence-electron chi connectivity index (χ2n) is 9.15. The number of allylic oxidation sites excluding steroid dienone is 1. The maximum atomic E-state index is 13.5. The lowest BCUT2D eigenvalue weighted by Gasteiger charge is -2.39. The highest BCUT2D eigenvalue weighted by molar-refractivity contribution is 6.76. The maximum Gasteiger partial charge on any atom is 0.275 e. The van der Waals surface area contributed by atoms with Gasteiger partial charge in [-0.3, -0.25) is 19.8 Å². The Morgan fingerprint density at radius 2 is 2.20 bits per heavy atom. The van der Waals surface area contributed by atoms with E-state index in [0.29, 0.717) is 31.0 Å². The Morgan fingerprint density at radius 3 is 2.93 bits per heavy atom. The normalized spacial score (nSPS) is 23.0. The molecule has 30 heavy (non-hydrogen) atoms. The number of aromatic nitrogens is 1. The topological polar surface area (TPSA) is 107 Å². The minimum atomic E-state index is -1.25. The molecular formula is C20H26N4O5Si. The number of dihydropyridines is 1. The lowest BCUT2D eigenvalue weighted by Crippen LogP contribution is -2.56. The molecule has 1 unspecified atom stereocenters. The number of hydrogen-bond acceptors (Lipinski definition) is 7. The third-order valence-electron chi connectivity index (χ3n) is 5.59. The Morgan fingerprint density at radius 1 is 1.40 bits per heavy atom. The summed E-state index contributed by atoms with van der Waals surface area (Å²) < 4.78 is 12.1. The predicted octanol–water partition coefficient (Wildman–Crippen LogP) is 3.02. The Hall–Kier alpha value is -2.72. The number of anilines is 1. The quantitative estimate of drug-likeness (QED) is 0.320. The minimum Gasteiger partial charge on any atom is -0.473 e. The van der Waals surface area contributed by atoms with Crippen LogP contribution in [0.2, 0.25) is 25.7 Å². The molecule has 0 radical (unpaired) electrons. The summed E-state index contributed by atoms with van der Waals surface area (Å²) in [5, 5.41) is 14.1.